The van der Waals surface area contributed by atoms with E-state index in [2.05, 4.69) is 65.6 Å². The molecule has 3 heteroatoms. The summed E-state index contributed by atoms with van der Waals surface area (Å²) in [4.78, 5) is 2.62. The van der Waals surface area contributed by atoms with Crippen molar-refractivity contribution in [2.45, 2.75) is 44.5 Å². The second kappa shape index (κ2) is 9.71. The first-order valence-electron chi connectivity index (χ1n) is 9.27. The van der Waals surface area contributed by atoms with Crippen molar-refractivity contribution in [1.29, 1.82) is 0 Å². The van der Waals surface area contributed by atoms with Crippen LogP contribution in [-0.4, -0.2) is 37.4 Å². The van der Waals surface area contributed by atoms with Crippen LogP contribution in [0.2, 0.25) is 0 Å². The zero-order valence-electron chi connectivity index (χ0n) is 15.1. The summed E-state index contributed by atoms with van der Waals surface area (Å²) >= 11 is 0. The molecule has 2 aromatic rings. The average molecular weight is 339 g/mol. The van der Waals surface area contributed by atoms with E-state index in [0.717, 1.165) is 25.9 Å². The van der Waals surface area contributed by atoms with Gasteiger partial charge in [0, 0.05) is 26.2 Å². The van der Waals surface area contributed by atoms with Crippen LogP contribution < -0.4 is 0 Å². The lowest BCUT2D eigenvalue weighted by molar-refractivity contribution is 0.0163. The minimum Gasteiger partial charge on any atom is -0.382 e. The van der Waals surface area contributed by atoms with Crippen LogP contribution in [0, 0.1) is 0 Å². The van der Waals surface area contributed by atoms with Crippen LogP contribution in [0.5, 0.6) is 0 Å². The summed E-state index contributed by atoms with van der Waals surface area (Å²) in [6.45, 7) is 3.36. The molecule has 2 aromatic carbocycles. The minimum absolute atomic E-state index is 0.370. The Hall–Kier alpha value is -1.68. The van der Waals surface area contributed by atoms with Gasteiger partial charge in [-0.05, 0) is 30.4 Å². The smallest absolute Gasteiger partial charge is 0.0704 e. The molecule has 134 valence electrons. The highest BCUT2D eigenvalue weighted by Gasteiger charge is 2.29. The number of ether oxygens (including phenoxy) is 2. The van der Waals surface area contributed by atoms with Crippen LogP contribution >= 0.6 is 0 Å². The molecule has 0 aliphatic heterocycles. The van der Waals surface area contributed by atoms with Gasteiger partial charge in [0.1, 0.15) is 0 Å². The predicted molar refractivity (Wildman–Crippen MR) is 101 cm³/mol. The fourth-order valence-corrected chi connectivity index (χ4v) is 3.65. The van der Waals surface area contributed by atoms with Crippen molar-refractivity contribution in [2.75, 3.05) is 20.3 Å². The van der Waals surface area contributed by atoms with Gasteiger partial charge in [-0.15, -0.1) is 0 Å². The predicted octanol–water partition coefficient (Wildman–Crippen LogP) is 4.27. The average Bonchev–Trinajstić information content (AvgIpc) is 3.12. The molecular formula is C22H29NO2. The molecule has 2 atom stereocenters. The summed E-state index contributed by atoms with van der Waals surface area (Å²) in [5.74, 6) is 0. The van der Waals surface area contributed by atoms with Crippen LogP contribution in [0.1, 0.15) is 30.4 Å². The van der Waals surface area contributed by atoms with Gasteiger partial charge in [-0.2, -0.15) is 0 Å². The van der Waals surface area contributed by atoms with E-state index in [1.54, 1.807) is 7.11 Å². The Morgan fingerprint density at radius 1 is 0.840 bits per heavy atom. The molecule has 0 heterocycles. The Bertz CT molecular complexity index is 560. The molecule has 3 rings (SSSR count). The van der Waals surface area contributed by atoms with Gasteiger partial charge in [-0.1, -0.05) is 60.7 Å². The van der Waals surface area contributed by atoms with Crippen molar-refractivity contribution in [1.82, 2.24) is 4.90 Å². The second-order valence-electron chi connectivity index (χ2n) is 6.83. The van der Waals surface area contributed by atoms with E-state index < -0.39 is 0 Å². The lowest BCUT2D eigenvalue weighted by Gasteiger charge is -2.29. The number of hydrogen-bond acceptors (Lipinski definition) is 3. The number of nitrogens with zero attached hydrogens (tertiary/aromatic N) is 1. The first-order valence-corrected chi connectivity index (χ1v) is 9.27. The van der Waals surface area contributed by atoms with Gasteiger partial charge in [0.2, 0.25) is 0 Å². The molecule has 25 heavy (non-hydrogen) atoms. The van der Waals surface area contributed by atoms with Gasteiger partial charge < -0.3 is 9.47 Å². The van der Waals surface area contributed by atoms with Gasteiger partial charge in [-0.3, -0.25) is 4.90 Å². The van der Waals surface area contributed by atoms with E-state index >= 15 is 0 Å². The van der Waals surface area contributed by atoms with E-state index in [4.69, 9.17) is 9.47 Å². The van der Waals surface area contributed by atoms with Crippen LogP contribution in [0.25, 0.3) is 0 Å². The topological polar surface area (TPSA) is 21.7 Å². The molecule has 1 aliphatic carbocycles. The highest BCUT2D eigenvalue weighted by atomic mass is 16.5. The molecule has 3 nitrogen and oxygen atoms in total. The highest BCUT2D eigenvalue weighted by molar-refractivity contribution is 5.17. The molecule has 0 spiro atoms. The molecule has 0 unspecified atom stereocenters. The van der Waals surface area contributed by atoms with Crippen molar-refractivity contribution in [3.05, 3.63) is 71.8 Å². The Morgan fingerprint density at radius 3 is 2.00 bits per heavy atom. The summed E-state index contributed by atoms with van der Waals surface area (Å²) in [6.07, 6.45) is 3.84. The number of methoxy groups -OCH3 is 1. The largest absolute Gasteiger partial charge is 0.382 e. The summed E-state index contributed by atoms with van der Waals surface area (Å²) in [5.41, 5.74) is 2.75. The third-order valence-corrected chi connectivity index (χ3v) is 4.97. The first-order chi connectivity index (χ1) is 12.3. The van der Waals surface area contributed by atoms with E-state index in [-0.39, 0.29) is 0 Å². The van der Waals surface area contributed by atoms with E-state index in [9.17, 15) is 0 Å². The molecular weight excluding hydrogens is 310 g/mol. The van der Waals surface area contributed by atoms with Crippen molar-refractivity contribution < 1.29 is 9.47 Å². The molecule has 0 bridgehead atoms. The lowest BCUT2D eigenvalue weighted by atomic mass is 10.1. The molecule has 0 saturated heterocycles. The van der Waals surface area contributed by atoms with Crippen LogP contribution in [0.4, 0.5) is 0 Å². The fraction of sp³-hybridized carbons (Fsp3) is 0.455. The summed E-state index contributed by atoms with van der Waals surface area (Å²) < 4.78 is 11.1. The maximum Gasteiger partial charge on any atom is 0.0704 e. The molecule has 0 N–H and O–H groups in total. The maximum atomic E-state index is 5.97. The van der Waals surface area contributed by atoms with Crippen molar-refractivity contribution in [3.8, 4) is 0 Å². The summed E-state index contributed by atoms with van der Waals surface area (Å²) in [7, 11) is 1.72. The van der Waals surface area contributed by atoms with E-state index in [1.165, 1.54) is 17.5 Å². The van der Waals surface area contributed by atoms with Crippen LogP contribution in [0.15, 0.2) is 60.7 Å². The molecule has 1 aliphatic rings. The van der Waals surface area contributed by atoms with Gasteiger partial charge in [0.25, 0.3) is 0 Å². The quantitative estimate of drug-likeness (QED) is 0.637. The number of rotatable bonds is 9. The van der Waals surface area contributed by atoms with E-state index in [1.807, 2.05) is 0 Å². The highest BCUT2D eigenvalue weighted by Crippen LogP contribution is 2.29. The molecule has 1 saturated carbocycles. The normalized spacial score (nSPS) is 20.2. The third-order valence-electron chi connectivity index (χ3n) is 4.97. The van der Waals surface area contributed by atoms with E-state index in [0.29, 0.717) is 25.4 Å². The summed E-state index contributed by atoms with van der Waals surface area (Å²) in [6, 6.07) is 22.1. The molecule has 0 aromatic heterocycles. The molecule has 1 fully saturated rings. The van der Waals surface area contributed by atoms with Gasteiger partial charge >= 0.3 is 0 Å². The Kier molecular flexibility index (Phi) is 7.04. The van der Waals surface area contributed by atoms with Gasteiger partial charge in [-0.25, -0.2) is 0 Å². The van der Waals surface area contributed by atoms with Crippen LogP contribution in [-0.2, 0) is 22.6 Å². The molecule has 0 amide bonds. The van der Waals surface area contributed by atoms with Gasteiger partial charge in [0.05, 0.1) is 19.3 Å². The Morgan fingerprint density at radius 2 is 1.44 bits per heavy atom. The SMILES string of the molecule is COCCO[C@H]1CC[C@H](N(Cc2ccccc2)Cc2ccccc2)C1. The number of hydrogen-bond donors (Lipinski definition) is 0. The molecule has 0 radical (unpaired) electrons. The maximum absolute atomic E-state index is 5.97. The van der Waals surface area contributed by atoms with Crippen molar-refractivity contribution in [3.63, 3.8) is 0 Å². The zero-order valence-corrected chi connectivity index (χ0v) is 15.1. The van der Waals surface area contributed by atoms with Crippen LogP contribution in [0.3, 0.4) is 0 Å². The van der Waals surface area contributed by atoms with Gasteiger partial charge in [0.15, 0.2) is 0 Å². The second-order valence-corrected chi connectivity index (χ2v) is 6.83. The lowest BCUT2D eigenvalue weighted by Crippen LogP contribution is -2.33. The fourth-order valence-electron chi connectivity index (χ4n) is 3.65. The monoisotopic (exact) mass is 339 g/mol. The number of benzene rings is 2. The first kappa shape index (κ1) is 18.1. The van der Waals surface area contributed by atoms with Crippen molar-refractivity contribution in [2.24, 2.45) is 0 Å². The zero-order chi connectivity index (χ0) is 17.3. The standard InChI is InChI=1S/C22H29NO2/c1-24-14-15-25-22-13-12-21(16-22)23(17-19-8-4-2-5-9-19)18-20-10-6-3-7-11-20/h2-11,21-22H,12-18H2,1H3/t21-,22-/m0/s1. The Labute approximate surface area is 151 Å². The van der Waals surface area contributed by atoms with Crippen molar-refractivity contribution >= 4 is 0 Å². The Balaban J connectivity index is 1.64. The summed E-state index contributed by atoms with van der Waals surface area (Å²) in [5, 5.41) is 0. The third kappa shape index (κ3) is 5.67. The minimum atomic E-state index is 0.370.